The fourth-order valence-corrected chi connectivity index (χ4v) is 5.75. The number of H-pyrrole nitrogens is 1. The molecule has 2 amide bonds. The quantitative estimate of drug-likeness (QED) is 0.490. The van der Waals surface area contributed by atoms with E-state index in [9.17, 15) is 14.4 Å². The number of nitrogens with one attached hydrogen (secondary N) is 2. The van der Waals surface area contributed by atoms with Gasteiger partial charge in [-0.3, -0.25) is 9.59 Å². The third-order valence-corrected chi connectivity index (χ3v) is 7.72. The predicted molar refractivity (Wildman–Crippen MR) is 150 cm³/mol. The zero-order valence-electron chi connectivity index (χ0n) is 23.9. The molecule has 10 heteroatoms. The molecule has 9 nitrogen and oxygen atoms in total. The number of benzene rings is 1. The van der Waals surface area contributed by atoms with Gasteiger partial charge in [-0.2, -0.15) is 0 Å². The summed E-state index contributed by atoms with van der Waals surface area (Å²) in [6, 6.07) is 3.41. The smallest absolute Gasteiger partial charge is 0.407 e. The molecule has 1 aliphatic carbocycles. The minimum absolute atomic E-state index is 0.0157. The molecule has 1 fully saturated rings. The molecule has 0 unspecified atom stereocenters. The van der Waals surface area contributed by atoms with Gasteiger partial charge < -0.3 is 29.4 Å². The van der Waals surface area contributed by atoms with E-state index >= 15 is 0 Å². The largest absolute Gasteiger partial charge is 0.448 e. The van der Waals surface area contributed by atoms with Crippen LogP contribution in [0.1, 0.15) is 80.6 Å². The third kappa shape index (κ3) is 5.88. The number of amides is 2. The van der Waals surface area contributed by atoms with E-state index in [0.29, 0.717) is 28.2 Å². The first-order valence-corrected chi connectivity index (χ1v) is 13.7. The van der Waals surface area contributed by atoms with Crippen LogP contribution in [0.5, 0.6) is 11.5 Å². The Kier molecular flexibility index (Phi) is 7.69. The van der Waals surface area contributed by atoms with Crippen molar-refractivity contribution in [1.29, 1.82) is 0 Å². The molecule has 1 aromatic carbocycles. The number of carbonyl (C=O) groups excluding carboxylic acids is 2. The van der Waals surface area contributed by atoms with E-state index in [2.05, 4.69) is 10.3 Å². The second-order valence-electron chi connectivity index (χ2n) is 11.8. The molecule has 0 bridgehead atoms. The zero-order valence-corrected chi connectivity index (χ0v) is 24.7. The van der Waals surface area contributed by atoms with Crippen LogP contribution in [0.2, 0.25) is 5.02 Å². The number of pyridine rings is 1. The van der Waals surface area contributed by atoms with E-state index < -0.39 is 17.5 Å². The number of nitrogens with zero attached hydrogens (tertiary/aromatic N) is 1. The van der Waals surface area contributed by atoms with E-state index in [1.165, 1.54) is 4.90 Å². The van der Waals surface area contributed by atoms with Gasteiger partial charge in [0.1, 0.15) is 11.3 Å². The summed E-state index contributed by atoms with van der Waals surface area (Å²) in [5, 5.41) is 3.23. The fraction of sp³-hybridized carbons (Fsp3) is 0.552. The van der Waals surface area contributed by atoms with Crippen LogP contribution in [-0.2, 0) is 4.74 Å². The molecule has 0 saturated heterocycles. The summed E-state index contributed by atoms with van der Waals surface area (Å²) in [7, 11) is 1.57. The first-order chi connectivity index (χ1) is 18.1. The van der Waals surface area contributed by atoms with Crippen LogP contribution in [-0.4, -0.2) is 41.5 Å². The first-order valence-electron chi connectivity index (χ1n) is 13.3. The van der Waals surface area contributed by atoms with Gasteiger partial charge in [0.05, 0.1) is 5.02 Å². The molecule has 212 valence electrons. The Morgan fingerprint density at radius 1 is 1.10 bits per heavy atom. The predicted octanol–water partition coefficient (Wildman–Crippen LogP) is 5.80. The van der Waals surface area contributed by atoms with Gasteiger partial charge in [-0.05, 0) is 84.9 Å². The Morgan fingerprint density at radius 3 is 2.31 bits per heavy atom. The highest BCUT2D eigenvalue weighted by atomic mass is 35.5. The molecule has 0 radical (unpaired) electrons. The van der Waals surface area contributed by atoms with Crippen LogP contribution in [0.4, 0.5) is 10.5 Å². The van der Waals surface area contributed by atoms with Crippen molar-refractivity contribution >= 4 is 29.3 Å². The van der Waals surface area contributed by atoms with Gasteiger partial charge in [0, 0.05) is 42.8 Å². The maximum atomic E-state index is 13.6. The lowest BCUT2D eigenvalue weighted by Gasteiger charge is -2.37. The number of aromatic amines is 1. The number of carbonyl (C=O) groups is 2. The minimum atomic E-state index is -0.966. The van der Waals surface area contributed by atoms with Gasteiger partial charge in [-0.1, -0.05) is 11.6 Å². The van der Waals surface area contributed by atoms with E-state index in [1.807, 2.05) is 33.8 Å². The Balaban J connectivity index is 1.50. The molecule has 1 aromatic heterocycles. The van der Waals surface area contributed by atoms with Crippen LogP contribution < -0.4 is 25.2 Å². The summed E-state index contributed by atoms with van der Waals surface area (Å²) in [5.74, 6) is -0.445. The number of alkyl carbamates (subject to hydrolysis) is 1. The van der Waals surface area contributed by atoms with Gasteiger partial charge in [0.2, 0.25) is 0 Å². The van der Waals surface area contributed by atoms with Crippen molar-refractivity contribution in [2.24, 2.45) is 5.92 Å². The normalized spacial score (nSPS) is 22.4. The average molecular weight is 560 g/mol. The molecule has 0 spiro atoms. The standard InChI is InChI=1S/C29H38ClN3O6/c1-15-13-16(2)31-25(34)22(15)33(8)26(35)20-14-21(30)24-23(17(20)3)37-29(7,38-24)18-9-11-19(12-10-18)32-27(36)39-28(4,5)6/h13-14,18-19H,9-12H2,1-8H3,(H,31,34)(H,32,36)/t18-,19-,29-/m1/s1. The second-order valence-corrected chi connectivity index (χ2v) is 12.2. The van der Waals surface area contributed by atoms with Crippen molar-refractivity contribution in [2.75, 3.05) is 11.9 Å². The van der Waals surface area contributed by atoms with Crippen LogP contribution >= 0.6 is 11.6 Å². The maximum Gasteiger partial charge on any atom is 0.407 e. The molecule has 2 aromatic rings. The molecule has 1 aliphatic heterocycles. The Morgan fingerprint density at radius 2 is 1.72 bits per heavy atom. The van der Waals surface area contributed by atoms with Gasteiger partial charge >= 0.3 is 6.09 Å². The number of rotatable bonds is 4. The van der Waals surface area contributed by atoms with Crippen molar-refractivity contribution in [1.82, 2.24) is 10.3 Å². The summed E-state index contributed by atoms with van der Waals surface area (Å²) in [6.45, 7) is 12.8. The summed E-state index contributed by atoms with van der Waals surface area (Å²) < 4.78 is 18.1. The highest BCUT2D eigenvalue weighted by molar-refractivity contribution is 6.33. The first kappa shape index (κ1) is 28.8. The molecule has 1 atom stereocenters. The molecule has 1 saturated carbocycles. The summed E-state index contributed by atoms with van der Waals surface area (Å²) in [4.78, 5) is 42.5. The van der Waals surface area contributed by atoms with Crippen LogP contribution in [0.15, 0.2) is 16.9 Å². The second kappa shape index (κ2) is 10.4. The van der Waals surface area contributed by atoms with Gasteiger partial charge in [0.25, 0.3) is 17.3 Å². The van der Waals surface area contributed by atoms with E-state index in [4.69, 9.17) is 25.8 Å². The van der Waals surface area contributed by atoms with Gasteiger partial charge in [-0.15, -0.1) is 0 Å². The highest BCUT2D eigenvalue weighted by Crippen LogP contribution is 2.51. The number of aryl methyl sites for hydroxylation is 2. The molecule has 2 aliphatic rings. The lowest BCUT2D eigenvalue weighted by molar-refractivity contribution is -0.121. The van der Waals surface area contributed by atoms with Gasteiger partial charge in [-0.25, -0.2) is 4.79 Å². The molecule has 2 heterocycles. The van der Waals surface area contributed by atoms with E-state index in [0.717, 1.165) is 31.4 Å². The number of hydrogen-bond donors (Lipinski definition) is 2. The monoisotopic (exact) mass is 559 g/mol. The molecular weight excluding hydrogens is 522 g/mol. The fourth-order valence-electron chi connectivity index (χ4n) is 5.52. The van der Waals surface area contributed by atoms with Crippen molar-refractivity contribution in [3.63, 3.8) is 0 Å². The van der Waals surface area contributed by atoms with Gasteiger partial charge in [0.15, 0.2) is 11.5 Å². The zero-order chi connectivity index (χ0) is 28.9. The Labute approximate surface area is 234 Å². The number of anilines is 1. The molecular formula is C29H38ClN3O6. The average Bonchev–Trinajstić information content (AvgIpc) is 3.19. The van der Waals surface area contributed by atoms with Crippen molar-refractivity contribution in [2.45, 2.75) is 91.6 Å². The maximum absolute atomic E-state index is 13.6. The lowest BCUT2D eigenvalue weighted by Crippen LogP contribution is -2.48. The Hall–Kier alpha value is -3.20. The van der Waals surface area contributed by atoms with Crippen molar-refractivity contribution < 1.29 is 23.8 Å². The molecule has 39 heavy (non-hydrogen) atoms. The van der Waals surface area contributed by atoms with E-state index in [1.54, 1.807) is 33.9 Å². The third-order valence-electron chi connectivity index (χ3n) is 7.44. The number of halogens is 1. The van der Waals surface area contributed by atoms with Crippen LogP contribution in [0, 0.1) is 26.7 Å². The minimum Gasteiger partial charge on any atom is -0.448 e. The summed E-state index contributed by atoms with van der Waals surface area (Å²) in [5.41, 5.74) is 1.74. The number of hydrogen-bond acceptors (Lipinski definition) is 6. The topological polar surface area (TPSA) is 110 Å². The number of fused-ring (bicyclic) bond motifs is 1. The number of ether oxygens (including phenoxy) is 3. The highest BCUT2D eigenvalue weighted by Gasteiger charge is 2.47. The lowest BCUT2D eigenvalue weighted by atomic mass is 9.81. The van der Waals surface area contributed by atoms with Crippen molar-refractivity contribution in [3.05, 3.63) is 49.9 Å². The van der Waals surface area contributed by atoms with Crippen molar-refractivity contribution in [3.8, 4) is 11.5 Å². The molecule has 4 rings (SSSR count). The Bertz CT molecular complexity index is 1360. The van der Waals surface area contributed by atoms with Crippen LogP contribution in [0.25, 0.3) is 0 Å². The molecule has 2 N–H and O–H groups in total. The van der Waals surface area contributed by atoms with E-state index in [-0.39, 0.29) is 34.1 Å². The van der Waals surface area contributed by atoms with Crippen LogP contribution in [0.3, 0.4) is 0 Å². The SMILES string of the molecule is Cc1cc(C)c(N(C)C(=O)c2cc(Cl)c3c(c2C)O[C@@](C)([C@H]2CC[C@H](NC(=O)OC(C)(C)C)CC2)O3)c(=O)[nH]1. The number of aromatic nitrogens is 1. The summed E-state index contributed by atoms with van der Waals surface area (Å²) in [6.07, 6.45) is 2.64. The summed E-state index contributed by atoms with van der Waals surface area (Å²) >= 11 is 6.62.